The lowest BCUT2D eigenvalue weighted by Crippen LogP contribution is -2.46. The first-order valence-electron chi connectivity index (χ1n) is 8.51. The predicted molar refractivity (Wildman–Crippen MR) is 99.1 cm³/mol. The highest BCUT2D eigenvalue weighted by atomic mass is 35.5. The van der Waals surface area contributed by atoms with Crippen LogP contribution in [0.1, 0.15) is 22.8 Å². The quantitative estimate of drug-likeness (QED) is 0.767. The van der Waals surface area contributed by atoms with E-state index in [9.17, 15) is 4.79 Å². The largest absolute Gasteiger partial charge is 0.462 e. The fourth-order valence-electron chi connectivity index (χ4n) is 3.03. The van der Waals surface area contributed by atoms with Crippen molar-refractivity contribution in [2.75, 3.05) is 37.7 Å². The zero-order valence-corrected chi connectivity index (χ0v) is 15.1. The molecule has 1 fully saturated rings. The van der Waals surface area contributed by atoms with E-state index < -0.39 is 0 Å². The highest BCUT2D eigenvalue weighted by Gasteiger charge is 2.23. The van der Waals surface area contributed by atoms with Gasteiger partial charge in [-0.05, 0) is 36.8 Å². The van der Waals surface area contributed by atoms with Crippen LogP contribution in [0.15, 0.2) is 42.6 Å². The molecule has 1 saturated heterocycles. The summed E-state index contributed by atoms with van der Waals surface area (Å²) >= 11 is 6.06. The van der Waals surface area contributed by atoms with Gasteiger partial charge in [0, 0.05) is 43.9 Å². The van der Waals surface area contributed by atoms with Crippen LogP contribution in [-0.2, 0) is 11.3 Å². The van der Waals surface area contributed by atoms with E-state index >= 15 is 0 Å². The zero-order valence-electron chi connectivity index (χ0n) is 14.3. The van der Waals surface area contributed by atoms with Gasteiger partial charge in [0.05, 0.1) is 6.61 Å². The van der Waals surface area contributed by atoms with Crippen LogP contribution < -0.4 is 4.90 Å². The fraction of sp³-hybridized carbons (Fsp3) is 0.368. The highest BCUT2D eigenvalue weighted by Crippen LogP contribution is 2.21. The third-order valence-electron chi connectivity index (χ3n) is 4.25. The molecule has 2 aromatic rings. The van der Waals surface area contributed by atoms with E-state index in [4.69, 9.17) is 16.3 Å². The van der Waals surface area contributed by atoms with Gasteiger partial charge in [-0.2, -0.15) is 0 Å². The second-order valence-electron chi connectivity index (χ2n) is 5.99. The lowest BCUT2D eigenvalue weighted by Gasteiger charge is -2.36. The van der Waals surface area contributed by atoms with Crippen molar-refractivity contribution < 1.29 is 9.53 Å². The molecule has 1 aliphatic heterocycles. The average molecular weight is 360 g/mol. The number of nitrogens with zero attached hydrogens (tertiary/aromatic N) is 3. The second-order valence-corrected chi connectivity index (χ2v) is 6.42. The summed E-state index contributed by atoms with van der Waals surface area (Å²) in [4.78, 5) is 21.1. The van der Waals surface area contributed by atoms with E-state index in [0.717, 1.165) is 37.7 Å². The summed E-state index contributed by atoms with van der Waals surface area (Å²) in [6, 6.07) is 11.5. The lowest BCUT2D eigenvalue weighted by atomic mass is 10.2. The Morgan fingerprint density at radius 3 is 2.72 bits per heavy atom. The van der Waals surface area contributed by atoms with Crippen LogP contribution in [0.5, 0.6) is 0 Å². The maximum absolute atomic E-state index is 12.1. The summed E-state index contributed by atoms with van der Waals surface area (Å²) in [5.74, 6) is 0.398. The standard InChI is InChI=1S/C19H22ClN3O2/c1-2-25-19(24)17-7-4-8-21-18(17)23-11-9-22(10-12-23)14-15-5-3-6-16(20)13-15/h3-8,13H,2,9-12,14H2,1H3. The SMILES string of the molecule is CCOC(=O)c1cccnc1N1CCN(Cc2cccc(Cl)c2)CC1. The van der Waals surface area contributed by atoms with E-state index in [2.05, 4.69) is 20.9 Å². The van der Waals surface area contributed by atoms with Crippen LogP contribution in [-0.4, -0.2) is 48.6 Å². The molecule has 132 valence electrons. The Balaban J connectivity index is 1.64. The molecule has 0 saturated carbocycles. The van der Waals surface area contributed by atoms with Crippen LogP contribution in [0, 0.1) is 0 Å². The number of halogens is 1. The molecule has 0 unspecified atom stereocenters. The van der Waals surface area contributed by atoms with Crippen LogP contribution in [0.3, 0.4) is 0 Å². The summed E-state index contributed by atoms with van der Waals surface area (Å²) < 4.78 is 5.14. The van der Waals surface area contributed by atoms with Crippen molar-refractivity contribution in [2.45, 2.75) is 13.5 Å². The molecule has 0 atom stereocenters. The smallest absolute Gasteiger partial charge is 0.341 e. The molecule has 3 rings (SSSR count). The topological polar surface area (TPSA) is 45.7 Å². The van der Waals surface area contributed by atoms with Gasteiger partial charge >= 0.3 is 5.97 Å². The van der Waals surface area contributed by atoms with Crippen molar-refractivity contribution in [3.05, 3.63) is 58.7 Å². The number of benzene rings is 1. The predicted octanol–water partition coefficient (Wildman–Crippen LogP) is 3.23. The fourth-order valence-corrected chi connectivity index (χ4v) is 3.24. The number of piperazine rings is 1. The van der Waals surface area contributed by atoms with Gasteiger partial charge in [-0.1, -0.05) is 23.7 Å². The van der Waals surface area contributed by atoms with E-state index in [0.29, 0.717) is 18.0 Å². The maximum Gasteiger partial charge on any atom is 0.341 e. The third kappa shape index (κ3) is 4.50. The van der Waals surface area contributed by atoms with Crippen LogP contribution in [0.2, 0.25) is 5.02 Å². The Hall–Kier alpha value is -2.11. The van der Waals surface area contributed by atoms with Gasteiger partial charge in [0.15, 0.2) is 0 Å². The number of aromatic nitrogens is 1. The number of carbonyl (C=O) groups is 1. The Morgan fingerprint density at radius 1 is 1.20 bits per heavy atom. The Kier molecular flexibility index (Phi) is 5.89. The first-order chi connectivity index (χ1) is 12.2. The van der Waals surface area contributed by atoms with Gasteiger partial charge in [0.1, 0.15) is 11.4 Å². The summed E-state index contributed by atoms with van der Waals surface area (Å²) in [5.41, 5.74) is 1.75. The molecule has 5 nitrogen and oxygen atoms in total. The van der Waals surface area contributed by atoms with Crippen LogP contribution in [0.4, 0.5) is 5.82 Å². The molecule has 1 aromatic carbocycles. The lowest BCUT2D eigenvalue weighted by molar-refractivity contribution is 0.0526. The van der Waals surface area contributed by atoms with Crippen molar-refractivity contribution in [1.29, 1.82) is 0 Å². The van der Waals surface area contributed by atoms with Crippen molar-refractivity contribution in [3.8, 4) is 0 Å². The van der Waals surface area contributed by atoms with E-state index in [1.54, 1.807) is 18.3 Å². The van der Waals surface area contributed by atoms with Gasteiger partial charge < -0.3 is 9.64 Å². The van der Waals surface area contributed by atoms with E-state index in [-0.39, 0.29) is 5.97 Å². The summed E-state index contributed by atoms with van der Waals surface area (Å²) in [7, 11) is 0. The number of anilines is 1. The first-order valence-corrected chi connectivity index (χ1v) is 8.89. The third-order valence-corrected chi connectivity index (χ3v) is 4.48. The molecule has 1 aliphatic rings. The number of ether oxygens (including phenoxy) is 1. The number of carbonyl (C=O) groups excluding carboxylic acids is 1. The van der Waals surface area contributed by atoms with E-state index in [1.165, 1.54) is 5.56 Å². The minimum absolute atomic E-state index is 0.313. The molecule has 0 spiro atoms. The summed E-state index contributed by atoms with van der Waals surface area (Å²) in [6.45, 7) is 6.51. The van der Waals surface area contributed by atoms with Crippen molar-refractivity contribution >= 4 is 23.4 Å². The number of pyridine rings is 1. The summed E-state index contributed by atoms with van der Waals surface area (Å²) in [5, 5.41) is 0.767. The average Bonchev–Trinajstić information content (AvgIpc) is 2.63. The molecule has 1 aromatic heterocycles. The minimum atomic E-state index is -0.313. The maximum atomic E-state index is 12.1. The Bertz CT molecular complexity index is 730. The van der Waals surface area contributed by atoms with Crippen LogP contribution in [0.25, 0.3) is 0 Å². The van der Waals surface area contributed by atoms with E-state index in [1.807, 2.05) is 25.1 Å². The Morgan fingerprint density at radius 2 is 2.00 bits per heavy atom. The van der Waals surface area contributed by atoms with Gasteiger partial charge in [-0.3, -0.25) is 4.90 Å². The second kappa shape index (κ2) is 8.32. The molecule has 0 bridgehead atoms. The highest BCUT2D eigenvalue weighted by molar-refractivity contribution is 6.30. The molecular weight excluding hydrogens is 338 g/mol. The number of hydrogen-bond donors (Lipinski definition) is 0. The molecule has 25 heavy (non-hydrogen) atoms. The number of esters is 1. The summed E-state index contributed by atoms with van der Waals surface area (Å²) in [6.07, 6.45) is 1.72. The normalized spacial score (nSPS) is 15.2. The first kappa shape index (κ1) is 17.7. The van der Waals surface area contributed by atoms with Gasteiger partial charge in [0.25, 0.3) is 0 Å². The molecule has 0 N–H and O–H groups in total. The van der Waals surface area contributed by atoms with Crippen molar-refractivity contribution in [3.63, 3.8) is 0 Å². The van der Waals surface area contributed by atoms with Crippen LogP contribution >= 0.6 is 11.6 Å². The molecule has 0 radical (unpaired) electrons. The van der Waals surface area contributed by atoms with Gasteiger partial charge in [0.2, 0.25) is 0 Å². The molecule has 0 aliphatic carbocycles. The van der Waals surface area contributed by atoms with Crippen molar-refractivity contribution in [2.24, 2.45) is 0 Å². The number of hydrogen-bond acceptors (Lipinski definition) is 5. The molecule has 0 amide bonds. The zero-order chi connectivity index (χ0) is 17.6. The molecular formula is C19H22ClN3O2. The number of rotatable bonds is 5. The van der Waals surface area contributed by atoms with Gasteiger partial charge in [-0.25, -0.2) is 9.78 Å². The monoisotopic (exact) mass is 359 g/mol. The minimum Gasteiger partial charge on any atom is -0.462 e. The van der Waals surface area contributed by atoms with Crippen molar-refractivity contribution in [1.82, 2.24) is 9.88 Å². The molecule has 2 heterocycles. The van der Waals surface area contributed by atoms with Gasteiger partial charge in [-0.15, -0.1) is 0 Å². The Labute approximate surface area is 153 Å². The molecule has 6 heteroatoms.